The first-order chi connectivity index (χ1) is 13.6. The third-order valence-electron chi connectivity index (χ3n) is 3.44. The minimum absolute atomic E-state index is 0.363. The smallest absolute Gasteiger partial charge is 0.116 e. The molecule has 29 heavy (non-hydrogen) atoms. The second-order valence-corrected chi connectivity index (χ2v) is 7.57. The second kappa shape index (κ2) is 15.8. The van der Waals surface area contributed by atoms with E-state index in [4.69, 9.17) is 0 Å². The van der Waals surface area contributed by atoms with E-state index in [1.54, 1.807) is 0 Å². The van der Waals surface area contributed by atoms with Gasteiger partial charge in [-0.2, -0.15) is 0 Å². The van der Waals surface area contributed by atoms with Gasteiger partial charge in [-0.25, -0.2) is 4.98 Å². The number of aromatic nitrogens is 2. The van der Waals surface area contributed by atoms with Crippen LogP contribution in [0.5, 0.6) is 0 Å². The van der Waals surface area contributed by atoms with Crippen LogP contribution in [0, 0.1) is 6.92 Å². The predicted octanol–water partition coefficient (Wildman–Crippen LogP) is 7.60. The summed E-state index contributed by atoms with van der Waals surface area (Å²) < 4.78 is 2.22. The molecular weight excluding hydrogens is 354 g/mol. The molecule has 0 amide bonds. The molecule has 0 bridgehead atoms. The maximum Gasteiger partial charge on any atom is 0.116 e. The van der Waals surface area contributed by atoms with Crippen molar-refractivity contribution in [3.05, 3.63) is 60.2 Å². The lowest BCUT2D eigenvalue weighted by Crippen LogP contribution is -2.07. The van der Waals surface area contributed by atoms with Gasteiger partial charge in [0.2, 0.25) is 0 Å². The normalized spacial score (nSPS) is 9.55. The number of rotatable bonds is 4. The van der Waals surface area contributed by atoms with E-state index >= 15 is 0 Å². The molecule has 0 aliphatic rings. The van der Waals surface area contributed by atoms with Gasteiger partial charge >= 0.3 is 0 Å². The Labute approximate surface area is 181 Å². The number of hydrogen-bond acceptors (Lipinski definition) is 2. The Bertz CT molecular complexity index is 719. The van der Waals surface area contributed by atoms with E-state index in [1.165, 1.54) is 12.0 Å². The Balaban J connectivity index is 0. The van der Waals surface area contributed by atoms with E-state index < -0.39 is 0 Å². The van der Waals surface area contributed by atoms with Crippen LogP contribution in [-0.2, 0) is 0 Å². The Morgan fingerprint density at radius 2 is 1.66 bits per heavy atom. The van der Waals surface area contributed by atoms with Gasteiger partial charge in [0.05, 0.1) is 17.6 Å². The van der Waals surface area contributed by atoms with E-state index in [9.17, 15) is 0 Å². The molecule has 0 radical (unpaired) electrons. The van der Waals surface area contributed by atoms with E-state index in [-0.39, 0.29) is 0 Å². The standard InChI is InChI=1S/C18H22N2.C3H9N.C3H8.C2H6/c1-7-15-8-9-16(14(6)10-15)20-17(12(2)3)11-19-18(20)13(4)5;1-4(2)3;1-3-2;1-2/h7-11,13H,1-2H2,3-6H3;1-3H3;3H2,1-2H3;1-2H3. The molecule has 2 rings (SSSR count). The van der Waals surface area contributed by atoms with Gasteiger partial charge in [0, 0.05) is 5.92 Å². The average Bonchev–Trinajstić information content (AvgIpc) is 3.09. The first-order valence-electron chi connectivity index (χ1n) is 10.7. The van der Waals surface area contributed by atoms with Crippen LogP contribution in [0.1, 0.15) is 83.5 Å². The van der Waals surface area contributed by atoms with Crippen LogP contribution in [0.4, 0.5) is 0 Å². The summed E-state index contributed by atoms with van der Waals surface area (Å²) in [6.07, 6.45) is 5.03. The van der Waals surface area contributed by atoms with Crippen molar-refractivity contribution in [2.75, 3.05) is 21.1 Å². The summed E-state index contributed by atoms with van der Waals surface area (Å²) in [5.74, 6) is 1.43. The molecule has 0 unspecified atom stereocenters. The van der Waals surface area contributed by atoms with Crippen LogP contribution in [0.2, 0.25) is 0 Å². The lowest BCUT2D eigenvalue weighted by atomic mass is 10.1. The monoisotopic (exact) mass is 399 g/mol. The summed E-state index contributed by atoms with van der Waals surface area (Å²) in [5.41, 5.74) is 5.61. The highest BCUT2D eigenvalue weighted by Crippen LogP contribution is 2.27. The molecule has 0 saturated heterocycles. The fourth-order valence-corrected chi connectivity index (χ4v) is 2.38. The van der Waals surface area contributed by atoms with Crippen molar-refractivity contribution in [1.29, 1.82) is 0 Å². The molecule has 0 fully saturated rings. The van der Waals surface area contributed by atoms with Crippen LogP contribution in [0.3, 0.4) is 0 Å². The van der Waals surface area contributed by atoms with Crippen molar-refractivity contribution < 1.29 is 0 Å². The number of nitrogens with zero attached hydrogens (tertiary/aromatic N) is 3. The second-order valence-electron chi connectivity index (χ2n) is 7.57. The molecule has 1 heterocycles. The van der Waals surface area contributed by atoms with Gasteiger partial charge in [-0.3, -0.25) is 4.57 Å². The number of hydrogen-bond donors (Lipinski definition) is 0. The van der Waals surface area contributed by atoms with Crippen LogP contribution < -0.4 is 0 Å². The van der Waals surface area contributed by atoms with E-state index in [2.05, 4.69) is 75.5 Å². The van der Waals surface area contributed by atoms with Gasteiger partial charge in [0.15, 0.2) is 0 Å². The molecule has 0 saturated carbocycles. The maximum absolute atomic E-state index is 4.58. The Morgan fingerprint density at radius 3 is 2.00 bits per heavy atom. The number of allylic oxidation sites excluding steroid dienone is 1. The van der Waals surface area contributed by atoms with E-state index in [1.807, 2.05) is 59.1 Å². The van der Waals surface area contributed by atoms with Crippen molar-refractivity contribution in [2.24, 2.45) is 0 Å². The summed E-state index contributed by atoms with van der Waals surface area (Å²) in [6, 6.07) is 6.36. The fraction of sp³-hybridized carbons (Fsp3) is 0.500. The lowest BCUT2D eigenvalue weighted by molar-refractivity contribution is 0.505. The third kappa shape index (κ3) is 10.3. The molecular formula is C26H45N3. The first-order valence-corrected chi connectivity index (χ1v) is 10.7. The highest BCUT2D eigenvalue weighted by atomic mass is 15.1. The zero-order chi connectivity index (χ0) is 23.1. The maximum atomic E-state index is 4.58. The third-order valence-corrected chi connectivity index (χ3v) is 3.44. The van der Waals surface area contributed by atoms with Crippen LogP contribution in [-0.4, -0.2) is 35.6 Å². The van der Waals surface area contributed by atoms with Gasteiger partial charge in [-0.15, -0.1) is 0 Å². The molecule has 1 aromatic carbocycles. The molecule has 3 heteroatoms. The Morgan fingerprint density at radius 1 is 1.17 bits per heavy atom. The van der Waals surface area contributed by atoms with Crippen LogP contribution >= 0.6 is 0 Å². The summed E-state index contributed by atoms with van der Waals surface area (Å²) in [5, 5.41) is 0. The largest absolute Gasteiger partial charge is 0.312 e. The van der Waals surface area contributed by atoms with Crippen molar-refractivity contribution in [3.8, 4) is 5.69 Å². The van der Waals surface area contributed by atoms with Crippen molar-refractivity contribution in [3.63, 3.8) is 0 Å². The molecule has 0 atom stereocenters. The Hall–Kier alpha value is -2.13. The number of benzene rings is 1. The van der Waals surface area contributed by atoms with Gasteiger partial charge in [0.25, 0.3) is 0 Å². The molecule has 0 spiro atoms. The quantitative estimate of drug-likeness (QED) is 0.527. The highest BCUT2D eigenvalue weighted by molar-refractivity contribution is 5.62. The molecule has 3 nitrogen and oxygen atoms in total. The van der Waals surface area contributed by atoms with E-state index in [0.29, 0.717) is 5.92 Å². The highest BCUT2D eigenvalue weighted by Gasteiger charge is 2.16. The molecule has 164 valence electrons. The topological polar surface area (TPSA) is 21.1 Å². The zero-order valence-corrected chi connectivity index (χ0v) is 20.9. The van der Waals surface area contributed by atoms with Crippen molar-refractivity contribution in [1.82, 2.24) is 14.5 Å². The molecule has 0 aliphatic carbocycles. The zero-order valence-electron chi connectivity index (χ0n) is 20.9. The minimum atomic E-state index is 0.363. The van der Waals surface area contributed by atoms with Crippen molar-refractivity contribution in [2.45, 2.75) is 67.7 Å². The van der Waals surface area contributed by atoms with Crippen molar-refractivity contribution >= 4 is 11.6 Å². The minimum Gasteiger partial charge on any atom is -0.312 e. The number of imidazole rings is 1. The van der Waals surface area contributed by atoms with E-state index in [0.717, 1.165) is 28.3 Å². The van der Waals surface area contributed by atoms with Gasteiger partial charge < -0.3 is 4.90 Å². The van der Waals surface area contributed by atoms with Gasteiger partial charge in [-0.1, -0.05) is 73.3 Å². The Kier molecular flexibility index (Phi) is 15.8. The summed E-state index contributed by atoms with van der Waals surface area (Å²) in [4.78, 5) is 6.58. The fourth-order valence-electron chi connectivity index (χ4n) is 2.38. The van der Waals surface area contributed by atoms with Crippen LogP contribution in [0.25, 0.3) is 17.3 Å². The predicted molar refractivity (Wildman–Crippen MR) is 134 cm³/mol. The summed E-state index contributed by atoms with van der Waals surface area (Å²) in [6.45, 7) is 24.6. The van der Waals surface area contributed by atoms with Gasteiger partial charge in [-0.05, 0) is 63.8 Å². The average molecular weight is 400 g/mol. The SMILES string of the molecule is C=Cc1ccc(-n2c(C(=C)C)cnc2C(C)C)c(C)c1.CC.CCC.CN(C)C. The molecule has 1 aromatic heterocycles. The summed E-state index contributed by atoms with van der Waals surface area (Å²) in [7, 11) is 6.00. The van der Waals surface area contributed by atoms with Crippen LogP contribution in [0.15, 0.2) is 37.6 Å². The summed E-state index contributed by atoms with van der Waals surface area (Å²) >= 11 is 0. The first kappa shape index (κ1) is 29.1. The molecule has 2 aromatic rings. The molecule has 0 N–H and O–H groups in total. The number of aryl methyl sites for hydroxylation is 1. The van der Waals surface area contributed by atoms with Gasteiger partial charge in [0.1, 0.15) is 5.82 Å². The molecule has 0 aliphatic heterocycles. The lowest BCUT2D eigenvalue weighted by Gasteiger charge is -2.16.